The summed E-state index contributed by atoms with van der Waals surface area (Å²) in [6.45, 7) is 0.850. The number of carbonyl (C=O) groups is 2. The van der Waals surface area contributed by atoms with Crippen LogP contribution in [0.2, 0.25) is 0 Å². The van der Waals surface area contributed by atoms with Gasteiger partial charge < -0.3 is 10.0 Å². The minimum Gasteiger partial charge on any atom is -0.481 e. The molecule has 24 heavy (non-hydrogen) atoms. The van der Waals surface area contributed by atoms with E-state index in [2.05, 4.69) is 16.8 Å². The fraction of sp³-hybridized carbons (Fsp3) is 0.278. The van der Waals surface area contributed by atoms with Crippen LogP contribution < -0.4 is 0 Å². The van der Waals surface area contributed by atoms with E-state index in [1.165, 1.54) is 17.5 Å². The molecule has 1 aromatic carbocycles. The van der Waals surface area contributed by atoms with Gasteiger partial charge >= 0.3 is 5.97 Å². The minimum absolute atomic E-state index is 0.161. The van der Waals surface area contributed by atoms with Crippen LogP contribution in [0.4, 0.5) is 0 Å². The van der Waals surface area contributed by atoms with Crippen LogP contribution >= 0.6 is 11.3 Å². The summed E-state index contributed by atoms with van der Waals surface area (Å²) in [5, 5.41) is 9.70. The van der Waals surface area contributed by atoms with E-state index in [0.717, 1.165) is 5.56 Å². The lowest BCUT2D eigenvalue weighted by Crippen LogP contribution is -2.42. The third-order valence-corrected chi connectivity index (χ3v) is 4.76. The Morgan fingerprint density at radius 1 is 1.25 bits per heavy atom. The number of hydrogen-bond acceptors (Lipinski definition) is 4. The molecule has 1 fully saturated rings. The Labute approximate surface area is 144 Å². The topological polar surface area (TPSA) is 70.5 Å². The molecule has 0 bridgehead atoms. The van der Waals surface area contributed by atoms with Crippen LogP contribution in [-0.2, 0) is 4.79 Å². The lowest BCUT2D eigenvalue weighted by Gasteiger charge is -2.30. The molecule has 1 atom stereocenters. The number of carboxylic acid groups (broad SMARTS) is 1. The number of aromatic nitrogens is 1. The van der Waals surface area contributed by atoms with Crippen LogP contribution in [0.15, 0.2) is 36.5 Å². The molecule has 1 N–H and O–H groups in total. The first-order chi connectivity index (χ1) is 11.6. The van der Waals surface area contributed by atoms with Gasteiger partial charge in [-0.2, -0.15) is 0 Å². The Morgan fingerprint density at radius 3 is 2.79 bits per heavy atom. The van der Waals surface area contributed by atoms with Crippen molar-refractivity contribution in [1.29, 1.82) is 0 Å². The maximum Gasteiger partial charge on any atom is 0.308 e. The highest BCUT2D eigenvalue weighted by molar-refractivity contribution is 7.14. The minimum atomic E-state index is -0.841. The highest BCUT2D eigenvalue weighted by atomic mass is 32.1. The third-order valence-electron chi connectivity index (χ3n) is 3.86. The number of carbonyl (C=O) groups excluding carboxylic acids is 1. The molecular weight excluding hydrogens is 324 g/mol. The SMILES string of the molecule is O=C(O)C1CCCN(C(=O)c2cnc(C#Cc3ccccc3)s2)C1. The summed E-state index contributed by atoms with van der Waals surface area (Å²) in [6.07, 6.45) is 2.85. The quantitative estimate of drug-likeness (QED) is 0.853. The first kappa shape index (κ1) is 16.2. The summed E-state index contributed by atoms with van der Waals surface area (Å²) in [5.74, 6) is 4.49. The second kappa shape index (κ2) is 7.28. The Balaban J connectivity index is 1.70. The number of amides is 1. The van der Waals surface area contributed by atoms with E-state index in [9.17, 15) is 9.59 Å². The van der Waals surface area contributed by atoms with E-state index in [1.54, 1.807) is 4.90 Å². The Kier molecular flexibility index (Phi) is 4.92. The van der Waals surface area contributed by atoms with Gasteiger partial charge in [0.1, 0.15) is 4.88 Å². The number of likely N-dealkylation sites (tertiary alicyclic amines) is 1. The number of nitrogens with zero attached hydrogens (tertiary/aromatic N) is 2. The average molecular weight is 340 g/mol. The van der Waals surface area contributed by atoms with Crippen molar-refractivity contribution in [3.05, 3.63) is 52.0 Å². The smallest absolute Gasteiger partial charge is 0.308 e. The Bertz CT molecular complexity index is 804. The molecule has 1 amide bonds. The molecule has 0 saturated carbocycles. The molecule has 1 aliphatic rings. The molecule has 0 spiro atoms. The standard InChI is InChI=1S/C18H16N2O3S/c21-17(20-10-4-7-14(12-20)18(22)23)15-11-19-16(24-15)9-8-13-5-2-1-3-6-13/h1-3,5-6,11,14H,4,7,10,12H2,(H,22,23). The van der Waals surface area contributed by atoms with E-state index >= 15 is 0 Å². The second-order valence-electron chi connectivity index (χ2n) is 5.57. The number of thiazole rings is 1. The second-order valence-corrected chi connectivity index (χ2v) is 6.60. The van der Waals surface area contributed by atoms with E-state index in [-0.39, 0.29) is 12.5 Å². The van der Waals surface area contributed by atoms with E-state index in [0.29, 0.717) is 29.3 Å². The van der Waals surface area contributed by atoms with Gasteiger partial charge in [-0.25, -0.2) is 4.98 Å². The highest BCUT2D eigenvalue weighted by Crippen LogP contribution is 2.21. The lowest BCUT2D eigenvalue weighted by molar-refractivity contribution is -0.143. The van der Waals surface area contributed by atoms with Gasteiger partial charge in [0, 0.05) is 18.7 Å². The summed E-state index contributed by atoms with van der Waals surface area (Å²) < 4.78 is 0. The highest BCUT2D eigenvalue weighted by Gasteiger charge is 2.29. The van der Waals surface area contributed by atoms with E-state index in [1.807, 2.05) is 30.3 Å². The number of benzene rings is 1. The fourth-order valence-electron chi connectivity index (χ4n) is 2.60. The van der Waals surface area contributed by atoms with Gasteiger partial charge in [0.2, 0.25) is 0 Å². The third kappa shape index (κ3) is 3.81. The average Bonchev–Trinajstić information content (AvgIpc) is 3.09. The zero-order chi connectivity index (χ0) is 16.9. The maximum absolute atomic E-state index is 12.5. The molecule has 2 heterocycles. The number of aliphatic carboxylic acids is 1. The van der Waals surface area contributed by atoms with Crippen LogP contribution in [0, 0.1) is 17.8 Å². The van der Waals surface area contributed by atoms with Crippen LogP contribution in [0.25, 0.3) is 0 Å². The summed E-state index contributed by atoms with van der Waals surface area (Å²) in [6, 6.07) is 9.57. The molecule has 1 unspecified atom stereocenters. The van der Waals surface area contributed by atoms with E-state index in [4.69, 9.17) is 5.11 Å². The van der Waals surface area contributed by atoms with Crippen LogP contribution in [0.1, 0.15) is 33.1 Å². The van der Waals surface area contributed by atoms with E-state index < -0.39 is 11.9 Å². The number of piperidine rings is 1. The maximum atomic E-state index is 12.5. The number of rotatable bonds is 2. The van der Waals surface area contributed by atoms with Gasteiger partial charge in [0.15, 0.2) is 5.01 Å². The Hall–Kier alpha value is -2.65. The molecule has 1 aromatic heterocycles. The van der Waals surface area contributed by atoms with Gasteiger partial charge in [0.05, 0.1) is 12.1 Å². The van der Waals surface area contributed by atoms with Crippen molar-refractivity contribution in [2.24, 2.45) is 5.92 Å². The molecule has 2 aromatic rings. The summed E-state index contributed by atoms with van der Waals surface area (Å²) in [4.78, 5) is 29.9. The molecule has 1 aliphatic heterocycles. The van der Waals surface area contributed by atoms with Gasteiger partial charge in [-0.3, -0.25) is 9.59 Å². The van der Waals surface area contributed by atoms with Crippen LogP contribution in [0.5, 0.6) is 0 Å². The number of hydrogen-bond donors (Lipinski definition) is 1. The molecule has 1 saturated heterocycles. The predicted molar refractivity (Wildman–Crippen MR) is 90.8 cm³/mol. The summed E-state index contributed by atoms with van der Waals surface area (Å²) in [5.41, 5.74) is 0.890. The molecule has 3 rings (SSSR count). The fourth-order valence-corrected chi connectivity index (χ4v) is 3.33. The monoisotopic (exact) mass is 340 g/mol. The molecule has 0 radical (unpaired) electrons. The largest absolute Gasteiger partial charge is 0.481 e. The first-order valence-electron chi connectivity index (χ1n) is 7.68. The van der Waals surface area contributed by atoms with Crippen molar-refractivity contribution in [2.45, 2.75) is 12.8 Å². The van der Waals surface area contributed by atoms with Gasteiger partial charge in [0.25, 0.3) is 5.91 Å². The van der Waals surface area contributed by atoms with Gasteiger partial charge in [-0.1, -0.05) is 24.1 Å². The molecule has 0 aliphatic carbocycles. The first-order valence-corrected chi connectivity index (χ1v) is 8.50. The Morgan fingerprint density at radius 2 is 2.04 bits per heavy atom. The van der Waals surface area contributed by atoms with Crippen molar-refractivity contribution in [3.63, 3.8) is 0 Å². The van der Waals surface area contributed by atoms with Crippen molar-refractivity contribution >= 4 is 23.2 Å². The zero-order valence-electron chi connectivity index (χ0n) is 12.9. The number of carboxylic acids is 1. The van der Waals surface area contributed by atoms with Crippen molar-refractivity contribution in [2.75, 3.05) is 13.1 Å². The van der Waals surface area contributed by atoms with Gasteiger partial charge in [-0.05, 0) is 30.9 Å². The molecule has 122 valence electrons. The van der Waals surface area contributed by atoms with Crippen molar-refractivity contribution in [1.82, 2.24) is 9.88 Å². The summed E-state index contributed by atoms with van der Waals surface area (Å²) in [7, 11) is 0. The normalized spacial score (nSPS) is 17.0. The lowest BCUT2D eigenvalue weighted by atomic mass is 9.98. The molecular formula is C18H16N2O3S. The molecule has 5 nitrogen and oxygen atoms in total. The van der Waals surface area contributed by atoms with Crippen LogP contribution in [0.3, 0.4) is 0 Å². The summed E-state index contributed by atoms with van der Waals surface area (Å²) >= 11 is 1.24. The van der Waals surface area contributed by atoms with Crippen LogP contribution in [-0.4, -0.2) is 40.0 Å². The van der Waals surface area contributed by atoms with Gasteiger partial charge in [-0.15, -0.1) is 11.3 Å². The predicted octanol–water partition coefficient (Wildman–Crippen LogP) is 2.48. The molecule has 6 heteroatoms. The van der Waals surface area contributed by atoms with Crippen molar-refractivity contribution in [3.8, 4) is 11.8 Å². The van der Waals surface area contributed by atoms with Crippen molar-refractivity contribution < 1.29 is 14.7 Å². The zero-order valence-corrected chi connectivity index (χ0v) is 13.8.